The molecule has 3 heteroatoms. The summed E-state index contributed by atoms with van der Waals surface area (Å²) in [4.78, 5) is 0. The van der Waals surface area contributed by atoms with E-state index in [2.05, 4.69) is 36.5 Å². The van der Waals surface area contributed by atoms with E-state index in [-0.39, 0.29) is 0 Å². The van der Waals surface area contributed by atoms with Gasteiger partial charge in [-0.05, 0) is 54.8 Å². The van der Waals surface area contributed by atoms with Crippen molar-refractivity contribution in [2.45, 2.75) is 26.8 Å². The minimum atomic E-state index is 0.685. The molecule has 2 aromatic carbocycles. The lowest BCUT2D eigenvalue weighted by molar-refractivity contribution is 0.340. The lowest BCUT2D eigenvalue weighted by atomic mass is 10.0. The largest absolute Gasteiger partial charge is 0.494 e. The molecule has 0 fully saturated rings. The van der Waals surface area contributed by atoms with Crippen molar-refractivity contribution in [1.82, 2.24) is 5.32 Å². The third-order valence-electron chi connectivity index (χ3n) is 3.29. The molecular weight excluding hydrogens is 282 g/mol. The van der Waals surface area contributed by atoms with Crippen molar-refractivity contribution < 1.29 is 4.74 Å². The van der Waals surface area contributed by atoms with Crippen LogP contribution in [0.25, 0.3) is 11.1 Å². The molecule has 0 aliphatic carbocycles. The van der Waals surface area contributed by atoms with Crippen molar-refractivity contribution in [3.8, 4) is 16.9 Å². The molecule has 0 aromatic heterocycles. The van der Waals surface area contributed by atoms with Crippen LogP contribution in [0.3, 0.4) is 0 Å². The summed E-state index contributed by atoms with van der Waals surface area (Å²) in [6.45, 7) is 6.65. The Balaban J connectivity index is 2.11. The molecule has 0 radical (unpaired) electrons. The Morgan fingerprint density at radius 1 is 1.00 bits per heavy atom. The summed E-state index contributed by atoms with van der Waals surface area (Å²) in [5.74, 6) is 0.896. The Labute approximate surface area is 132 Å². The van der Waals surface area contributed by atoms with Crippen molar-refractivity contribution in [3.05, 3.63) is 53.1 Å². The van der Waals surface area contributed by atoms with E-state index in [0.717, 1.165) is 47.0 Å². The molecule has 112 valence electrons. The van der Waals surface area contributed by atoms with Gasteiger partial charge in [0.25, 0.3) is 0 Å². The molecule has 2 aromatic rings. The molecule has 21 heavy (non-hydrogen) atoms. The summed E-state index contributed by atoms with van der Waals surface area (Å²) in [5.41, 5.74) is 3.41. The number of ether oxygens (including phenoxy) is 1. The van der Waals surface area contributed by atoms with Gasteiger partial charge in [0, 0.05) is 11.6 Å². The first kappa shape index (κ1) is 15.9. The lowest BCUT2D eigenvalue weighted by Crippen LogP contribution is -2.13. The van der Waals surface area contributed by atoms with Crippen LogP contribution in [0.4, 0.5) is 0 Å². The smallest absolute Gasteiger partial charge is 0.119 e. The van der Waals surface area contributed by atoms with Crippen LogP contribution in [-0.2, 0) is 6.54 Å². The Morgan fingerprint density at radius 3 is 2.33 bits per heavy atom. The number of nitrogens with one attached hydrogen (secondary N) is 1. The summed E-state index contributed by atoms with van der Waals surface area (Å²) >= 11 is 6.37. The predicted molar refractivity (Wildman–Crippen MR) is 90.1 cm³/mol. The van der Waals surface area contributed by atoms with Crippen LogP contribution < -0.4 is 10.1 Å². The maximum absolute atomic E-state index is 6.37. The van der Waals surface area contributed by atoms with E-state index in [1.807, 2.05) is 25.1 Å². The Hall–Kier alpha value is -1.51. The summed E-state index contributed by atoms with van der Waals surface area (Å²) in [6.07, 6.45) is 1.13. The highest BCUT2D eigenvalue weighted by atomic mass is 35.5. The van der Waals surface area contributed by atoms with Crippen molar-refractivity contribution in [2.24, 2.45) is 0 Å². The molecule has 0 saturated carbocycles. The van der Waals surface area contributed by atoms with Crippen molar-refractivity contribution in [1.29, 1.82) is 0 Å². The van der Waals surface area contributed by atoms with Gasteiger partial charge in [0.1, 0.15) is 5.75 Å². The van der Waals surface area contributed by atoms with Crippen molar-refractivity contribution >= 4 is 11.6 Å². The minimum Gasteiger partial charge on any atom is -0.494 e. The van der Waals surface area contributed by atoms with Gasteiger partial charge in [-0.3, -0.25) is 0 Å². The monoisotopic (exact) mass is 303 g/mol. The maximum atomic E-state index is 6.37. The minimum absolute atomic E-state index is 0.685. The zero-order valence-electron chi connectivity index (χ0n) is 12.7. The number of halogens is 1. The molecule has 0 spiro atoms. The number of rotatable bonds is 7. The molecule has 1 N–H and O–H groups in total. The summed E-state index contributed by atoms with van der Waals surface area (Å²) < 4.78 is 5.46. The molecule has 0 bridgehead atoms. The quantitative estimate of drug-likeness (QED) is 0.734. The standard InChI is InChI=1S/C18H22ClNO/c1-3-11-20-13-16-6-5-15(12-18(16)19)14-7-9-17(10-8-14)21-4-2/h5-10,12,20H,3-4,11,13H2,1-2H3. The molecule has 0 amide bonds. The molecule has 2 nitrogen and oxygen atoms in total. The first-order valence-corrected chi connectivity index (χ1v) is 7.84. The second kappa shape index (κ2) is 8.06. The highest BCUT2D eigenvalue weighted by molar-refractivity contribution is 6.31. The van der Waals surface area contributed by atoms with Gasteiger partial charge in [-0.15, -0.1) is 0 Å². The average Bonchev–Trinajstić information content (AvgIpc) is 2.50. The Bertz CT molecular complexity index is 566. The van der Waals surface area contributed by atoms with Gasteiger partial charge in [0.15, 0.2) is 0 Å². The molecule has 0 atom stereocenters. The van der Waals surface area contributed by atoms with E-state index in [0.29, 0.717) is 6.61 Å². The van der Waals surface area contributed by atoms with Crippen LogP contribution in [0.1, 0.15) is 25.8 Å². The third-order valence-corrected chi connectivity index (χ3v) is 3.65. The van der Waals surface area contributed by atoms with Gasteiger partial charge in [0.2, 0.25) is 0 Å². The molecule has 0 aliphatic heterocycles. The summed E-state index contributed by atoms with van der Waals surface area (Å²) in [6, 6.07) is 14.3. The van der Waals surface area contributed by atoms with Crippen LogP contribution in [0.5, 0.6) is 5.75 Å². The average molecular weight is 304 g/mol. The fourth-order valence-electron chi connectivity index (χ4n) is 2.18. The Morgan fingerprint density at radius 2 is 1.71 bits per heavy atom. The fraction of sp³-hybridized carbons (Fsp3) is 0.333. The van der Waals surface area contributed by atoms with E-state index in [1.165, 1.54) is 0 Å². The number of hydrogen-bond donors (Lipinski definition) is 1. The second-order valence-corrected chi connectivity index (χ2v) is 5.35. The van der Waals surface area contributed by atoms with Crippen LogP contribution in [-0.4, -0.2) is 13.2 Å². The topological polar surface area (TPSA) is 21.3 Å². The Kier molecular flexibility index (Phi) is 6.09. The zero-order valence-corrected chi connectivity index (χ0v) is 13.4. The highest BCUT2D eigenvalue weighted by Crippen LogP contribution is 2.27. The van der Waals surface area contributed by atoms with Gasteiger partial charge >= 0.3 is 0 Å². The van der Waals surface area contributed by atoms with Crippen LogP contribution in [0, 0.1) is 0 Å². The second-order valence-electron chi connectivity index (χ2n) is 4.94. The number of hydrogen-bond acceptors (Lipinski definition) is 2. The summed E-state index contributed by atoms with van der Waals surface area (Å²) in [5, 5.41) is 4.18. The SMILES string of the molecule is CCCNCc1ccc(-c2ccc(OCC)cc2)cc1Cl. The van der Waals surface area contributed by atoms with Gasteiger partial charge in [-0.2, -0.15) is 0 Å². The molecular formula is C18H22ClNO. The first-order chi connectivity index (χ1) is 10.2. The molecule has 0 aliphatic rings. The van der Waals surface area contributed by atoms with Gasteiger partial charge < -0.3 is 10.1 Å². The van der Waals surface area contributed by atoms with Gasteiger partial charge in [-0.1, -0.05) is 42.8 Å². The van der Waals surface area contributed by atoms with Crippen LogP contribution in [0.15, 0.2) is 42.5 Å². The third kappa shape index (κ3) is 4.48. The maximum Gasteiger partial charge on any atom is 0.119 e. The summed E-state index contributed by atoms with van der Waals surface area (Å²) in [7, 11) is 0. The van der Waals surface area contributed by atoms with Crippen molar-refractivity contribution in [2.75, 3.05) is 13.2 Å². The van der Waals surface area contributed by atoms with Gasteiger partial charge in [0.05, 0.1) is 6.61 Å². The van der Waals surface area contributed by atoms with E-state index in [4.69, 9.17) is 16.3 Å². The van der Waals surface area contributed by atoms with Crippen LogP contribution in [0.2, 0.25) is 5.02 Å². The molecule has 0 unspecified atom stereocenters. The molecule has 2 rings (SSSR count). The normalized spacial score (nSPS) is 10.6. The molecule has 0 heterocycles. The number of benzene rings is 2. The van der Waals surface area contributed by atoms with E-state index in [9.17, 15) is 0 Å². The molecule has 0 saturated heterocycles. The lowest BCUT2D eigenvalue weighted by Gasteiger charge is -2.09. The fourth-order valence-corrected chi connectivity index (χ4v) is 2.43. The van der Waals surface area contributed by atoms with E-state index >= 15 is 0 Å². The van der Waals surface area contributed by atoms with Crippen molar-refractivity contribution in [3.63, 3.8) is 0 Å². The first-order valence-electron chi connectivity index (χ1n) is 7.47. The van der Waals surface area contributed by atoms with Crippen LogP contribution >= 0.6 is 11.6 Å². The van der Waals surface area contributed by atoms with Gasteiger partial charge in [-0.25, -0.2) is 0 Å². The highest BCUT2D eigenvalue weighted by Gasteiger charge is 2.04. The zero-order chi connectivity index (χ0) is 15.1. The predicted octanol–water partition coefficient (Wildman–Crippen LogP) is 4.91. The van der Waals surface area contributed by atoms with E-state index in [1.54, 1.807) is 0 Å². The van der Waals surface area contributed by atoms with E-state index < -0.39 is 0 Å².